The normalized spacial score (nSPS) is 11.4. The Balaban J connectivity index is 2.32. The molecule has 0 spiro atoms. The molecule has 0 fully saturated rings. The Hall–Kier alpha value is -1.30. The average molecular weight is 275 g/mol. The van der Waals surface area contributed by atoms with Gasteiger partial charge in [-0.1, -0.05) is 0 Å². The molecule has 1 heterocycles. The van der Waals surface area contributed by atoms with Gasteiger partial charge in [0.05, 0.1) is 0 Å². The summed E-state index contributed by atoms with van der Waals surface area (Å²) in [4.78, 5) is 5.40. The van der Waals surface area contributed by atoms with Crippen molar-refractivity contribution in [2.45, 2.75) is 32.7 Å². The summed E-state index contributed by atoms with van der Waals surface area (Å²) in [5.41, 5.74) is 0. The van der Waals surface area contributed by atoms with Gasteiger partial charge >= 0.3 is 0 Å². The maximum Gasteiger partial charge on any atom is 0.251 e. The van der Waals surface area contributed by atoms with Crippen LogP contribution in [-0.4, -0.2) is 36.1 Å². The molecule has 1 rings (SSSR count). The van der Waals surface area contributed by atoms with Crippen LogP contribution in [-0.2, 0) is 0 Å². The topological polar surface area (TPSA) is 28.2 Å². The molecule has 0 aliphatic rings. The molecular weight excluding hydrogens is 255 g/mol. The van der Waals surface area contributed by atoms with E-state index < -0.39 is 17.6 Å². The summed E-state index contributed by atoms with van der Waals surface area (Å²) >= 11 is 0. The van der Waals surface area contributed by atoms with Gasteiger partial charge < -0.3 is 10.2 Å². The van der Waals surface area contributed by atoms with Crippen molar-refractivity contribution >= 4 is 5.82 Å². The molecule has 19 heavy (non-hydrogen) atoms. The molecule has 3 nitrogen and oxygen atoms in total. The van der Waals surface area contributed by atoms with Crippen LogP contribution in [0.2, 0.25) is 0 Å². The molecule has 6 heteroatoms. The second kappa shape index (κ2) is 7.33. The Morgan fingerprint density at radius 3 is 2.53 bits per heavy atom. The predicted molar refractivity (Wildman–Crippen MR) is 69.6 cm³/mol. The molecule has 1 N–H and O–H groups in total. The number of nitrogens with zero attached hydrogens (tertiary/aromatic N) is 2. The van der Waals surface area contributed by atoms with Crippen molar-refractivity contribution in [3.05, 3.63) is 23.6 Å². The van der Waals surface area contributed by atoms with Crippen molar-refractivity contribution in [1.29, 1.82) is 0 Å². The highest BCUT2D eigenvalue weighted by atomic mass is 19.2. The summed E-state index contributed by atoms with van der Waals surface area (Å²) in [7, 11) is 2.04. The molecular formula is C13H20F3N3. The zero-order chi connectivity index (χ0) is 14.4. The molecule has 0 aliphatic carbocycles. The third-order valence-electron chi connectivity index (χ3n) is 3.00. The lowest BCUT2D eigenvalue weighted by atomic mass is 10.2. The standard InChI is InChI=1S/C13H20F3N3/c1-9(2)19(3)7-5-4-6-17-13-11(15)8-10(14)12(16)18-13/h8-9H,4-7H2,1-3H3,(H,17,18). The maximum atomic E-state index is 13.2. The number of anilines is 1. The largest absolute Gasteiger partial charge is 0.368 e. The van der Waals surface area contributed by atoms with Crippen molar-refractivity contribution < 1.29 is 13.2 Å². The number of halogens is 3. The van der Waals surface area contributed by atoms with E-state index in [0.717, 1.165) is 19.4 Å². The third kappa shape index (κ3) is 5.06. The summed E-state index contributed by atoms with van der Waals surface area (Å²) < 4.78 is 38.7. The summed E-state index contributed by atoms with van der Waals surface area (Å²) in [6.07, 6.45) is 1.74. The van der Waals surface area contributed by atoms with Crippen molar-refractivity contribution in [2.75, 3.05) is 25.5 Å². The molecule has 0 aromatic carbocycles. The van der Waals surface area contributed by atoms with Gasteiger partial charge in [-0.15, -0.1) is 0 Å². The van der Waals surface area contributed by atoms with Crippen LogP contribution in [0.4, 0.5) is 19.0 Å². The molecule has 1 aromatic rings. The molecule has 0 saturated carbocycles. The Morgan fingerprint density at radius 2 is 1.89 bits per heavy atom. The number of hydrogen-bond acceptors (Lipinski definition) is 3. The van der Waals surface area contributed by atoms with Crippen molar-refractivity contribution in [1.82, 2.24) is 9.88 Å². The van der Waals surface area contributed by atoms with Crippen LogP contribution >= 0.6 is 0 Å². The van der Waals surface area contributed by atoms with Crippen LogP contribution in [0.3, 0.4) is 0 Å². The Kier molecular flexibility index (Phi) is 6.08. The summed E-state index contributed by atoms with van der Waals surface area (Å²) in [5.74, 6) is -3.68. The molecule has 0 bridgehead atoms. The zero-order valence-corrected chi connectivity index (χ0v) is 11.5. The SMILES string of the molecule is CC(C)N(C)CCCCNc1nc(F)c(F)cc1F. The van der Waals surface area contributed by atoms with E-state index in [1.165, 1.54) is 0 Å². The minimum absolute atomic E-state index is 0.240. The van der Waals surface area contributed by atoms with E-state index in [9.17, 15) is 13.2 Å². The molecule has 108 valence electrons. The fourth-order valence-corrected chi connectivity index (χ4v) is 1.52. The number of aromatic nitrogens is 1. The third-order valence-corrected chi connectivity index (χ3v) is 3.00. The van der Waals surface area contributed by atoms with Crippen LogP contribution < -0.4 is 5.32 Å². The highest BCUT2D eigenvalue weighted by Gasteiger charge is 2.10. The highest BCUT2D eigenvalue weighted by Crippen LogP contribution is 2.14. The summed E-state index contributed by atoms with van der Waals surface area (Å²) in [6, 6.07) is 0.982. The smallest absolute Gasteiger partial charge is 0.251 e. The highest BCUT2D eigenvalue weighted by molar-refractivity contribution is 5.35. The molecule has 0 atom stereocenters. The fraction of sp³-hybridized carbons (Fsp3) is 0.615. The number of hydrogen-bond donors (Lipinski definition) is 1. The van der Waals surface area contributed by atoms with Crippen LogP contribution in [0.15, 0.2) is 6.07 Å². The van der Waals surface area contributed by atoms with E-state index in [1.807, 2.05) is 7.05 Å². The number of unbranched alkanes of at least 4 members (excludes halogenated alkanes) is 1. The van der Waals surface area contributed by atoms with Crippen LogP contribution in [0, 0.1) is 17.6 Å². The Labute approximate surface area is 111 Å². The van der Waals surface area contributed by atoms with E-state index in [0.29, 0.717) is 18.7 Å². The molecule has 0 radical (unpaired) electrons. The van der Waals surface area contributed by atoms with E-state index in [1.54, 1.807) is 0 Å². The first kappa shape index (κ1) is 15.8. The maximum absolute atomic E-state index is 13.2. The lowest BCUT2D eigenvalue weighted by Gasteiger charge is -2.20. The first-order valence-electron chi connectivity index (χ1n) is 6.37. The van der Waals surface area contributed by atoms with Crippen LogP contribution in [0.5, 0.6) is 0 Å². The summed E-state index contributed by atoms with van der Waals surface area (Å²) in [5, 5.41) is 2.67. The lowest BCUT2D eigenvalue weighted by Crippen LogP contribution is -2.27. The predicted octanol–water partition coefficient (Wildman–Crippen LogP) is 3.03. The van der Waals surface area contributed by atoms with Gasteiger partial charge in [-0.2, -0.15) is 9.37 Å². The van der Waals surface area contributed by atoms with E-state index >= 15 is 0 Å². The molecule has 0 unspecified atom stereocenters. The summed E-state index contributed by atoms with van der Waals surface area (Å²) in [6.45, 7) is 5.63. The molecule has 0 amide bonds. The molecule has 1 aromatic heterocycles. The molecule has 0 saturated heterocycles. The van der Waals surface area contributed by atoms with Crippen LogP contribution in [0.1, 0.15) is 26.7 Å². The van der Waals surface area contributed by atoms with Crippen LogP contribution in [0.25, 0.3) is 0 Å². The van der Waals surface area contributed by atoms with Gasteiger partial charge in [-0.3, -0.25) is 0 Å². The molecule has 0 aliphatic heterocycles. The lowest BCUT2D eigenvalue weighted by molar-refractivity contribution is 0.269. The van der Waals surface area contributed by atoms with Gasteiger partial charge in [0, 0.05) is 18.7 Å². The van der Waals surface area contributed by atoms with Gasteiger partial charge in [0.25, 0.3) is 5.95 Å². The van der Waals surface area contributed by atoms with Gasteiger partial charge in [0.15, 0.2) is 17.5 Å². The second-order valence-corrected chi connectivity index (χ2v) is 4.80. The van der Waals surface area contributed by atoms with Gasteiger partial charge in [0.1, 0.15) is 0 Å². The number of nitrogens with one attached hydrogen (secondary N) is 1. The zero-order valence-electron chi connectivity index (χ0n) is 11.5. The van der Waals surface area contributed by atoms with Crippen molar-refractivity contribution in [3.63, 3.8) is 0 Å². The van der Waals surface area contributed by atoms with Crippen molar-refractivity contribution in [3.8, 4) is 0 Å². The minimum Gasteiger partial charge on any atom is -0.368 e. The van der Waals surface area contributed by atoms with E-state index in [4.69, 9.17) is 0 Å². The van der Waals surface area contributed by atoms with Gasteiger partial charge in [-0.05, 0) is 40.3 Å². The average Bonchev–Trinajstić information content (AvgIpc) is 2.34. The van der Waals surface area contributed by atoms with E-state index in [2.05, 4.69) is 29.0 Å². The van der Waals surface area contributed by atoms with Gasteiger partial charge in [-0.25, -0.2) is 8.78 Å². The second-order valence-electron chi connectivity index (χ2n) is 4.80. The fourth-order valence-electron chi connectivity index (χ4n) is 1.52. The Morgan fingerprint density at radius 1 is 1.21 bits per heavy atom. The van der Waals surface area contributed by atoms with Crippen molar-refractivity contribution in [2.24, 2.45) is 0 Å². The van der Waals surface area contributed by atoms with E-state index in [-0.39, 0.29) is 5.82 Å². The first-order chi connectivity index (χ1) is 8.91. The number of pyridine rings is 1. The van der Waals surface area contributed by atoms with Gasteiger partial charge in [0.2, 0.25) is 0 Å². The monoisotopic (exact) mass is 275 g/mol. The first-order valence-corrected chi connectivity index (χ1v) is 6.37. The number of rotatable bonds is 7. The Bertz CT molecular complexity index is 410. The minimum atomic E-state index is -1.29. The quantitative estimate of drug-likeness (QED) is 0.612.